The van der Waals surface area contributed by atoms with Gasteiger partial charge in [-0.2, -0.15) is 0 Å². The van der Waals surface area contributed by atoms with Crippen molar-refractivity contribution in [1.82, 2.24) is 13.9 Å². The van der Waals surface area contributed by atoms with Crippen LogP contribution in [0.25, 0.3) is 16.6 Å². The highest BCUT2D eigenvalue weighted by atomic mass is 19.1. The first kappa shape index (κ1) is 15.9. The summed E-state index contributed by atoms with van der Waals surface area (Å²) in [4.78, 5) is 27.4. The van der Waals surface area contributed by atoms with Gasteiger partial charge in [-0.05, 0) is 43.2 Å². The molecule has 4 rings (SSSR count). The van der Waals surface area contributed by atoms with E-state index in [-0.39, 0.29) is 18.0 Å². The molecule has 3 aromatic rings. The molecule has 130 valence electrons. The fourth-order valence-corrected chi connectivity index (χ4v) is 3.64. The molecule has 0 unspecified atom stereocenters. The van der Waals surface area contributed by atoms with Crippen molar-refractivity contribution in [2.45, 2.75) is 32.2 Å². The quantitative estimate of drug-likeness (QED) is 0.720. The number of carbonyl (C=O) groups is 1. The first-order valence-electron chi connectivity index (χ1n) is 8.72. The van der Waals surface area contributed by atoms with Crippen molar-refractivity contribution in [3.05, 3.63) is 52.7 Å². The van der Waals surface area contributed by atoms with E-state index in [0.29, 0.717) is 16.6 Å². The molecule has 0 radical (unpaired) electrons. The molecule has 1 aromatic carbocycles. The van der Waals surface area contributed by atoms with Crippen molar-refractivity contribution in [2.75, 3.05) is 13.1 Å². The number of carbonyl (C=O) groups excluding carboxylic acids is 1. The molecule has 6 heteroatoms. The number of benzene rings is 1. The summed E-state index contributed by atoms with van der Waals surface area (Å²) in [6.45, 7) is 1.40. The van der Waals surface area contributed by atoms with Crippen LogP contribution in [0.1, 0.15) is 25.7 Å². The van der Waals surface area contributed by atoms with Gasteiger partial charge in [-0.25, -0.2) is 4.39 Å². The third kappa shape index (κ3) is 2.81. The van der Waals surface area contributed by atoms with Gasteiger partial charge in [0.25, 0.3) is 5.56 Å². The zero-order valence-corrected chi connectivity index (χ0v) is 13.9. The van der Waals surface area contributed by atoms with Crippen LogP contribution in [0.15, 0.2) is 41.3 Å². The highest BCUT2D eigenvalue weighted by Crippen LogP contribution is 2.17. The van der Waals surface area contributed by atoms with Crippen molar-refractivity contribution >= 4 is 22.5 Å². The lowest BCUT2D eigenvalue weighted by Gasteiger charge is -2.21. The molecular formula is C19H20FN3O2. The van der Waals surface area contributed by atoms with Crippen LogP contribution >= 0.6 is 0 Å². The van der Waals surface area contributed by atoms with Gasteiger partial charge in [0.1, 0.15) is 17.9 Å². The highest BCUT2D eigenvalue weighted by Gasteiger charge is 2.19. The van der Waals surface area contributed by atoms with Crippen LogP contribution in [0.5, 0.6) is 0 Å². The molecule has 1 aliphatic heterocycles. The van der Waals surface area contributed by atoms with E-state index in [9.17, 15) is 14.0 Å². The zero-order chi connectivity index (χ0) is 17.4. The van der Waals surface area contributed by atoms with E-state index in [0.717, 1.165) is 38.8 Å². The lowest BCUT2D eigenvalue weighted by molar-refractivity contribution is -0.131. The number of halogens is 1. The summed E-state index contributed by atoms with van der Waals surface area (Å²) in [7, 11) is 0. The second-order valence-corrected chi connectivity index (χ2v) is 6.58. The van der Waals surface area contributed by atoms with Crippen molar-refractivity contribution in [2.24, 2.45) is 0 Å². The smallest absolute Gasteiger partial charge is 0.275 e. The van der Waals surface area contributed by atoms with Crippen LogP contribution in [0, 0.1) is 5.82 Å². The third-order valence-corrected chi connectivity index (χ3v) is 4.95. The zero-order valence-electron chi connectivity index (χ0n) is 13.9. The molecule has 1 fully saturated rings. The van der Waals surface area contributed by atoms with Crippen LogP contribution in [0.4, 0.5) is 4.39 Å². The maximum absolute atomic E-state index is 13.8. The molecule has 0 N–H and O–H groups in total. The SMILES string of the molecule is O=C(Cn1c(=O)c2cccn2c2ccc(F)cc21)N1CCCCCC1. The molecule has 1 saturated heterocycles. The Kier molecular flexibility index (Phi) is 4.03. The van der Waals surface area contributed by atoms with Gasteiger partial charge in [-0.15, -0.1) is 0 Å². The second-order valence-electron chi connectivity index (χ2n) is 6.58. The Morgan fingerprint density at radius 3 is 2.52 bits per heavy atom. The number of hydrogen-bond acceptors (Lipinski definition) is 2. The van der Waals surface area contributed by atoms with Crippen LogP contribution in [0.2, 0.25) is 0 Å². The van der Waals surface area contributed by atoms with Gasteiger partial charge in [-0.3, -0.25) is 14.2 Å². The Labute approximate surface area is 144 Å². The minimum Gasteiger partial charge on any atom is -0.341 e. The van der Waals surface area contributed by atoms with E-state index < -0.39 is 5.82 Å². The number of rotatable bonds is 2. The molecule has 1 aliphatic rings. The number of nitrogens with zero attached hydrogens (tertiary/aromatic N) is 3. The number of likely N-dealkylation sites (tertiary alicyclic amines) is 1. The fraction of sp³-hybridized carbons (Fsp3) is 0.368. The largest absolute Gasteiger partial charge is 0.341 e. The average molecular weight is 341 g/mol. The maximum Gasteiger partial charge on any atom is 0.275 e. The van der Waals surface area contributed by atoms with E-state index in [1.165, 1.54) is 16.7 Å². The predicted molar refractivity (Wildman–Crippen MR) is 94.2 cm³/mol. The van der Waals surface area contributed by atoms with Crippen LogP contribution in [-0.4, -0.2) is 32.9 Å². The monoisotopic (exact) mass is 341 g/mol. The van der Waals surface area contributed by atoms with Gasteiger partial charge in [-0.1, -0.05) is 12.8 Å². The molecule has 0 spiro atoms. The lowest BCUT2D eigenvalue weighted by Crippen LogP contribution is -2.37. The molecule has 25 heavy (non-hydrogen) atoms. The summed E-state index contributed by atoms with van der Waals surface area (Å²) in [6, 6.07) is 7.83. The van der Waals surface area contributed by atoms with E-state index in [1.54, 1.807) is 28.8 Å². The third-order valence-electron chi connectivity index (χ3n) is 4.95. The Morgan fingerprint density at radius 2 is 1.76 bits per heavy atom. The minimum absolute atomic E-state index is 0.0551. The highest BCUT2D eigenvalue weighted by molar-refractivity contribution is 5.82. The topological polar surface area (TPSA) is 46.7 Å². The predicted octanol–water partition coefficient (Wildman–Crippen LogP) is 2.80. The Bertz CT molecular complexity index is 997. The summed E-state index contributed by atoms with van der Waals surface area (Å²) in [6.07, 6.45) is 6.03. The number of fused-ring (bicyclic) bond motifs is 3. The number of amides is 1. The summed E-state index contributed by atoms with van der Waals surface area (Å²) < 4.78 is 16.9. The Morgan fingerprint density at radius 1 is 1.00 bits per heavy atom. The summed E-state index contributed by atoms with van der Waals surface area (Å²) in [5.74, 6) is -0.500. The van der Waals surface area contributed by atoms with E-state index >= 15 is 0 Å². The first-order chi connectivity index (χ1) is 12.1. The van der Waals surface area contributed by atoms with Gasteiger partial charge in [0.15, 0.2) is 0 Å². The standard InChI is InChI=1S/C19H20FN3O2/c20-14-7-8-15-17(12-14)23(19(25)16-6-5-11-22(15)16)13-18(24)21-9-3-1-2-4-10-21/h5-8,11-12H,1-4,9-10,13H2. The van der Waals surface area contributed by atoms with E-state index in [2.05, 4.69) is 0 Å². The molecule has 5 nitrogen and oxygen atoms in total. The van der Waals surface area contributed by atoms with Gasteiger partial charge in [0.2, 0.25) is 5.91 Å². The van der Waals surface area contributed by atoms with Crippen LogP contribution < -0.4 is 5.56 Å². The first-order valence-corrected chi connectivity index (χ1v) is 8.72. The van der Waals surface area contributed by atoms with Gasteiger partial charge >= 0.3 is 0 Å². The number of aromatic nitrogens is 2. The van der Waals surface area contributed by atoms with Gasteiger partial charge in [0.05, 0.1) is 11.0 Å². The van der Waals surface area contributed by atoms with Crippen molar-refractivity contribution < 1.29 is 9.18 Å². The van der Waals surface area contributed by atoms with Crippen molar-refractivity contribution in [3.8, 4) is 0 Å². The van der Waals surface area contributed by atoms with Crippen molar-refractivity contribution in [3.63, 3.8) is 0 Å². The molecule has 3 heterocycles. The van der Waals surface area contributed by atoms with Gasteiger partial charge in [0, 0.05) is 19.3 Å². The molecule has 0 atom stereocenters. The molecular weight excluding hydrogens is 321 g/mol. The van der Waals surface area contributed by atoms with E-state index in [1.807, 2.05) is 4.90 Å². The summed E-state index contributed by atoms with van der Waals surface area (Å²) in [5, 5.41) is 0. The normalized spacial score (nSPS) is 15.6. The van der Waals surface area contributed by atoms with Gasteiger partial charge < -0.3 is 9.30 Å². The fourth-order valence-electron chi connectivity index (χ4n) is 3.64. The van der Waals surface area contributed by atoms with Crippen LogP contribution in [0.3, 0.4) is 0 Å². The van der Waals surface area contributed by atoms with Crippen molar-refractivity contribution in [1.29, 1.82) is 0 Å². The second kappa shape index (κ2) is 6.35. The molecule has 2 aromatic heterocycles. The Balaban J connectivity index is 1.81. The average Bonchev–Trinajstić information content (AvgIpc) is 2.93. The maximum atomic E-state index is 13.8. The summed E-state index contributed by atoms with van der Waals surface area (Å²) in [5.41, 5.74) is 1.37. The molecule has 0 aliphatic carbocycles. The minimum atomic E-state index is -0.422. The van der Waals surface area contributed by atoms with Crippen LogP contribution in [-0.2, 0) is 11.3 Å². The Hall–Kier alpha value is -2.63. The lowest BCUT2D eigenvalue weighted by atomic mass is 10.2. The molecule has 1 amide bonds. The number of hydrogen-bond donors (Lipinski definition) is 0. The molecule has 0 bridgehead atoms. The summed E-state index contributed by atoms with van der Waals surface area (Å²) >= 11 is 0. The van der Waals surface area contributed by atoms with E-state index in [4.69, 9.17) is 0 Å². The molecule has 0 saturated carbocycles.